The van der Waals surface area contributed by atoms with Crippen LogP contribution in [0.5, 0.6) is 0 Å². The number of rotatable bonds is 3. The van der Waals surface area contributed by atoms with Crippen molar-refractivity contribution in [3.8, 4) is 0 Å². The van der Waals surface area contributed by atoms with Crippen LogP contribution < -0.4 is 4.72 Å². The number of hydrogen-bond acceptors (Lipinski definition) is 4. The van der Waals surface area contributed by atoms with E-state index < -0.39 is 10.0 Å². The molecule has 17 heavy (non-hydrogen) atoms. The number of anilines is 1. The quantitative estimate of drug-likeness (QED) is 0.854. The highest BCUT2D eigenvalue weighted by molar-refractivity contribution is 7.92. The lowest BCUT2D eigenvalue weighted by atomic mass is 10.5. The molecule has 0 radical (unpaired) electrons. The summed E-state index contributed by atoms with van der Waals surface area (Å²) in [6.45, 7) is 0. The second-order valence-electron chi connectivity index (χ2n) is 3.24. The topological polar surface area (TPSA) is 76.9 Å². The lowest BCUT2D eigenvalue weighted by Gasteiger charge is -2.08. The number of aryl methyl sites for hydroxylation is 1. The number of pyridine rings is 1. The SMILES string of the molecule is Cn1nccc1NS(=O)(=O)c1cccnc1Cl. The van der Waals surface area contributed by atoms with Gasteiger partial charge in [0.1, 0.15) is 15.9 Å². The van der Waals surface area contributed by atoms with Gasteiger partial charge in [0.15, 0.2) is 0 Å². The van der Waals surface area contributed by atoms with Crippen molar-refractivity contribution in [2.45, 2.75) is 4.90 Å². The first-order chi connectivity index (χ1) is 8.00. The third kappa shape index (κ3) is 2.40. The average molecular weight is 273 g/mol. The van der Waals surface area contributed by atoms with Gasteiger partial charge in [0.2, 0.25) is 0 Å². The summed E-state index contributed by atoms with van der Waals surface area (Å²) < 4.78 is 27.8. The lowest BCUT2D eigenvalue weighted by molar-refractivity contribution is 0.600. The number of sulfonamides is 1. The van der Waals surface area contributed by atoms with Crippen LogP contribution in [0, 0.1) is 0 Å². The molecule has 0 unspecified atom stereocenters. The maximum absolute atomic E-state index is 12.0. The zero-order chi connectivity index (χ0) is 12.5. The first-order valence-electron chi connectivity index (χ1n) is 4.62. The average Bonchev–Trinajstić information content (AvgIpc) is 2.64. The van der Waals surface area contributed by atoms with Crippen LogP contribution in [0.1, 0.15) is 0 Å². The van der Waals surface area contributed by atoms with Crippen molar-refractivity contribution in [1.29, 1.82) is 0 Å². The molecule has 0 bridgehead atoms. The van der Waals surface area contributed by atoms with Gasteiger partial charge in [-0.05, 0) is 12.1 Å². The summed E-state index contributed by atoms with van der Waals surface area (Å²) in [5.74, 6) is 0.352. The molecule has 0 aromatic carbocycles. The fourth-order valence-corrected chi connectivity index (χ4v) is 2.78. The zero-order valence-electron chi connectivity index (χ0n) is 8.83. The highest BCUT2D eigenvalue weighted by Gasteiger charge is 2.19. The van der Waals surface area contributed by atoms with Gasteiger partial charge in [-0.2, -0.15) is 5.10 Å². The molecule has 0 aliphatic rings. The Morgan fingerprint density at radius 2 is 2.12 bits per heavy atom. The Morgan fingerprint density at radius 1 is 1.35 bits per heavy atom. The summed E-state index contributed by atoms with van der Waals surface area (Å²) in [4.78, 5) is 3.65. The van der Waals surface area contributed by atoms with E-state index >= 15 is 0 Å². The molecule has 0 amide bonds. The van der Waals surface area contributed by atoms with Crippen LogP contribution in [0.4, 0.5) is 5.82 Å². The van der Waals surface area contributed by atoms with Crippen molar-refractivity contribution < 1.29 is 8.42 Å². The molecule has 8 heteroatoms. The summed E-state index contributed by atoms with van der Waals surface area (Å²) in [5.41, 5.74) is 0. The number of nitrogens with one attached hydrogen (secondary N) is 1. The van der Waals surface area contributed by atoms with Crippen LogP contribution in [0.3, 0.4) is 0 Å². The van der Waals surface area contributed by atoms with E-state index in [-0.39, 0.29) is 10.0 Å². The first-order valence-corrected chi connectivity index (χ1v) is 6.48. The molecule has 1 N–H and O–H groups in total. The number of halogens is 1. The van der Waals surface area contributed by atoms with E-state index in [9.17, 15) is 8.42 Å². The molecule has 90 valence electrons. The minimum Gasteiger partial charge on any atom is -0.263 e. The highest BCUT2D eigenvalue weighted by atomic mass is 35.5. The largest absolute Gasteiger partial charge is 0.266 e. The first kappa shape index (κ1) is 11.9. The summed E-state index contributed by atoms with van der Waals surface area (Å²) >= 11 is 5.74. The Hall–Kier alpha value is -1.60. The predicted molar refractivity (Wildman–Crippen MR) is 63.3 cm³/mol. The Balaban J connectivity index is 2.39. The molecule has 0 fully saturated rings. The fourth-order valence-electron chi connectivity index (χ4n) is 1.24. The molecular weight excluding hydrogens is 264 g/mol. The second kappa shape index (κ2) is 4.34. The minimum atomic E-state index is -3.74. The van der Waals surface area contributed by atoms with Gasteiger partial charge in [0.25, 0.3) is 10.0 Å². The Bertz CT molecular complexity index is 638. The molecule has 0 aliphatic heterocycles. The molecule has 0 saturated heterocycles. The summed E-state index contributed by atoms with van der Waals surface area (Å²) in [6, 6.07) is 4.43. The van der Waals surface area contributed by atoms with Gasteiger partial charge in [0.05, 0.1) is 6.20 Å². The van der Waals surface area contributed by atoms with Crippen LogP contribution in [0.2, 0.25) is 5.15 Å². The molecular formula is C9H9ClN4O2S. The van der Waals surface area contributed by atoms with Gasteiger partial charge < -0.3 is 0 Å². The number of aromatic nitrogens is 3. The summed E-state index contributed by atoms with van der Waals surface area (Å²) in [7, 11) is -2.11. The van der Waals surface area contributed by atoms with Crippen molar-refractivity contribution in [1.82, 2.24) is 14.8 Å². The van der Waals surface area contributed by atoms with E-state index in [2.05, 4.69) is 14.8 Å². The third-order valence-corrected chi connectivity index (χ3v) is 3.87. The van der Waals surface area contributed by atoms with Crippen LogP contribution in [0.25, 0.3) is 0 Å². The fraction of sp³-hybridized carbons (Fsp3) is 0.111. The van der Waals surface area contributed by atoms with E-state index in [1.54, 1.807) is 13.1 Å². The summed E-state index contributed by atoms with van der Waals surface area (Å²) in [5, 5.41) is 3.79. The van der Waals surface area contributed by atoms with Crippen LogP contribution in [-0.4, -0.2) is 23.2 Å². The molecule has 6 nitrogen and oxygen atoms in total. The Kier molecular flexibility index (Phi) is 3.03. The van der Waals surface area contributed by atoms with E-state index in [0.29, 0.717) is 5.82 Å². The number of nitrogens with zero attached hydrogens (tertiary/aromatic N) is 3. The normalized spacial score (nSPS) is 11.4. The summed E-state index contributed by atoms with van der Waals surface area (Å²) in [6.07, 6.45) is 2.91. The van der Waals surface area contributed by atoms with Gasteiger partial charge in [-0.15, -0.1) is 0 Å². The van der Waals surface area contributed by atoms with E-state index in [0.717, 1.165) is 0 Å². The molecule has 2 heterocycles. The Labute approximate surface area is 103 Å². The number of hydrogen-bond donors (Lipinski definition) is 1. The van der Waals surface area contributed by atoms with Crippen LogP contribution in [0.15, 0.2) is 35.5 Å². The smallest absolute Gasteiger partial charge is 0.263 e. The van der Waals surface area contributed by atoms with E-state index in [1.807, 2.05) is 0 Å². The molecule has 0 atom stereocenters. The standard InChI is InChI=1S/C9H9ClN4O2S/c1-14-8(4-6-12-14)13-17(15,16)7-3-2-5-11-9(7)10/h2-6,13H,1H3. The van der Waals surface area contributed by atoms with Crippen molar-refractivity contribution in [3.05, 3.63) is 35.7 Å². The van der Waals surface area contributed by atoms with Crippen molar-refractivity contribution >= 4 is 27.4 Å². The van der Waals surface area contributed by atoms with E-state index in [1.165, 1.54) is 29.2 Å². The maximum atomic E-state index is 12.0. The zero-order valence-corrected chi connectivity index (χ0v) is 10.4. The molecule has 0 saturated carbocycles. The highest BCUT2D eigenvalue weighted by Crippen LogP contribution is 2.20. The molecule has 0 aliphatic carbocycles. The van der Waals surface area contributed by atoms with Crippen molar-refractivity contribution in [2.24, 2.45) is 7.05 Å². The minimum absolute atomic E-state index is 0.0668. The third-order valence-electron chi connectivity index (χ3n) is 2.07. The molecule has 2 aromatic heterocycles. The molecule has 0 spiro atoms. The Morgan fingerprint density at radius 3 is 2.71 bits per heavy atom. The van der Waals surface area contributed by atoms with Gasteiger partial charge >= 0.3 is 0 Å². The van der Waals surface area contributed by atoms with Gasteiger partial charge in [0, 0.05) is 19.3 Å². The van der Waals surface area contributed by atoms with Crippen LogP contribution >= 0.6 is 11.6 Å². The predicted octanol–water partition coefficient (Wildman–Crippen LogP) is 1.27. The van der Waals surface area contributed by atoms with Gasteiger partial charge in [-0.1, -0.05) is 11.6 Å². The van der Waals surface area contributed by atoms with Gasteiger partial charge in [-0.3, -0.25) is 9.40 Å². The van der Waals surface area contributed by atoms with E-state index in [4.69, 9.17) is 11.6 Å². The van der Waals surface area contributed by atoms with Crippen LogP contribution in [-0.2, 0) is 17.1 Å². The monoisotopic (exact) mass is 272 g/mol. The second-order valence-corrected chi connectivity index (χ2v) is 5.25. The molecule has 2 rings (SSSR count). The van der Waals surface area contributed by atoms with Crippen molar-refractivity contribution in [2.75, 3.05) is 4.72 Å². The lowest BCUT2D eigenvalue weighted by Crippen LogP contribution is -2.16. The van der Waals surface area contributed by atoms with Gasteiger partial charge in [-0.25, -0.2) is 13.4 Å². The maximum Gasteiger partial charge on any atom is 0.266 e. The molecule has 2 aromatic rings. The van der Waals surface area contributed by atoms with Crippen molar-refractivity contribution in [3.63, 3.8) is 0 Å².